The number of carboxylic acids is 1. The van der Waals surface area contributed by atoms with Crippen LogP contribution in [0.15, 0.2) is 24.3 Å². The van der Waals surface area contributed by atoms with Crippen LogP contribution in [0.4, 0.5) is 5.13 Å². The molecule has 2 aliphatic rings. The summed E-state index contributed by atoms with van der Waals surface area (Å²) in [4.78, 5) is 45.5. The number of H-pyrrole nitrogens is 1. The third-order valence-corrected chi connectivity index (χ3v) is 8.63. The third kappa shape index (κ3) is 4.88. The summed E-state index contributed by atoms with van der Waals surface area (Å²) in [7, 11) is 0. The molecule has 5 rings (SSSR count). The fraction of sp³-hybridized carbons (Fsp3) is 0.304. The monoisotopic (exact) mass is 541 g/mol. The fourth-order valence-corrected chi connectivity index (χ4v) is 5.95. The van der Waals surface area contributed by atoms with E-state index >= 15 is 0 Å². The van der Waals surface area contributed by atoms with E-state index in [2.05, 4.69) is 20.2 Å². The molecule has 1 saturated carbocycles. The molecule has 1 unspecified atom stereocenters. The van der Waals surface area contributed by atoms with Crippen molar-refractivity contribution in [3.05, 3.63) is 67.4 Å². The molecule has 1 saturated heterocycles. The van der Waals surface area contributed by atoms with E-state index in [9.17, 15) is 19.5 Å². The first kappa shape index (κ1) is 26.6. The molecule has 0 spiro atoms. The summed E-state index contributed by atoms with van der Waals surface area (Å²) >= 11 is 13.4. The molecular weight excluding hydrogens is 520 g/mol. The first-order chi connectivity index (χ1) is 16.6. The predicted octanol–water partition coefficient (Wildman–Crippen LogP) is 0.455. The number of fused-ring (bicyclic) bond motifs is 1. The van der Waals surface area contributed by atoms with Crippen LogP contribution in [0, 0.1) is 18.8 Å². The Morgan fingerprint density at radius 1 is 1.22 bits per heavy atom. The van der Waals surface area contributed by atoms with Crippen molar-refractivity contribution < 1.29 is 39.8 Å². The molecule has 184 valence electrons. The van der Waals surface area contributed by atoms with E-state index in [1.807, 2.05) is 0 Å². The number of aromatic carboxylic acids is 1. The second-order valence-electron chi connectivity index (χ2n) is 8.80. The molecule has 0 bridgehead atoms. The summed E-state index contributed by atoms with van der Waals surface area (Å²) in [5.41, 5.74) is 7.88. The molecule has 1 aliphatic carbocycles. The number of hydrogen-bond donors (Lipinski definition) is 4. The number of piperidine rings is 1. The van der Waals surface area contributed by atoms with Crippen LogP contribution in [0.5, 0.6) is 0 Å². The van der Waals surface area contributed by atoms with Crippen LogP contribution >= 0.6 is 34.5 Å². The number of aromatic nitrogens is 2. The second kappa shape index (κ2) is 10.1. The van der Waals surface area contributed by atoms with Crippen molar-refractivity contribution in [1.29, 1.82) is 0 Å². The summed E-state index contributed by atoms with van der Waals surface area (Å²) in [6.07, 6.45) is 0.329. The van der Waals surface area contributed by atoms with Crippen LogP contribution in [0.2, 0.25) is 10.0 Å². The molecule has 36 heavy (non-hydrogen) atoms. The molecule has 0 radical (unpaired) electrons. The maximum atomic E-state index is 12.6. The number of rotatable bonds is 7. The fourth-order valence-electron chi connectivity index (χ4n) is 4.59. The van der Waals surface area contributed by atoms with Crippen LogP contribution < -0.4 is 34.8 Å². The van der Waals surface area contributed by atoms with Gasteiger partial charge in [0.25, 0.3) is 5.91 Å². The average molecular weight is 542 g/mol. The first-order valence-corrected chi connectivity index (χ1v) is 12.4. The number of carbonyl (C=O) groups excluding carboxylic acids is 2. The van der Waals surface area contributed by atoms with Crippen LogP contribution in [0.3, 0.4) is 0 Å². The summed E-state index contributed by atoms with van der Waals surface area (Å²) in [5.74, 6) is -1.32. The number of carbonyl (C=O) groups is 3. The minimum Gasteiger partial charge on any atom is -1.00 e. The van der Waals surface area contributed by atoms with Crippen molar-refractivity contribution in [2.45, 2.75) is 19.4 Å². The number of anilines is 1. The number of aromatic amines is 1. The summed E-state index contributed by atoms with van der Waals surface area (Å²) in [5, 5.41) is 13.9. The second-order valence-corrected chi connectivity index (χ2v) is 10.5. The Balaban J connectivity index is 0.00000190. The number of hydrogen-bond acceptors (Lipinski definition) is 6. The molecule has 3 aromatic rings. The molecule has 2 fully saturated rings. The van der Waals surface area contributed by atoms with Gasteiger partial charge in [0.2, 0.25) is 5.91 Å². The van der Waals surface area contributed by atoms with Crippen molar-refractivity contribution in [3.63, 3.8) is 0 Å². The Kier molecular flexibility index (Phi) is 7.47. The number of thiazole rings is 1. The van der Waals surface area contributed by atoms with Gasteiger partial charge in [-0.2, -0.15) is 0 Å². The molecule has 3 atom stereocenters. The number of halogens is 2. The van der Waals surface area contributed by atoms with E-state index < -0.39 is 11.9 Å². The third-order valence-electron chi connectivity index (χ3n) is 6.53. The van der Waals surface area contributed by atoms with Gasteiger partial charge in [0.15, 0.2) is 5.13 Å². The standard InChI is InChI=1S/C23H21Cl2N5O4S.Li.H/c1-9-15(24)16(25)18(27-9)21(32)29-17-12-7-30(8-13(12)17)23-28-14(19(35-23)22(33)34)6-10-2-4-11(5-3-10)20(26)31;;/h2-5,12-13,17,27H,6-8H2,1H3,(H2,26,31)(H,29,32)(H,33,34);;/q;+1;-1/t12-,13+,17?;;. The van der Waals surface area contributed by atoms with Gasteiger partial charge in [-0.15, -0.1) is 0 Å². The Bertz CT molecular complexity index is 1350. The predicted molar refractivity (Wildman–Crippen MR) is 134 cm³/mol. The van der Waals surface area contributed by atoms with Gasteiger partial charge in [0.05, 0.1) is 15.7 Å². The van der Waals surface area contributed by atoms with Crippen molar-refractivity contribution in [1.82, 2.24) is 15.3 Å². The van der Waals surface area contributed by atoms with Gasteiger partial charge in [-0.1, -0.05) is 46.7 Å². The maximum Gasteiger partial charge on any atom is 1.00 e. The molecule has 1 aliphatic heterocycles. The summed E-state index contributed by atoms with van der Waals surface area (Å²) < 4.78 is 0. The normalized spacial score (nSPS) is 20.0. The van der Waals surface area contributed by atoms with Crippen molar-refractivity contribution in [2.24, 2.45) is 17.6 Å². The van der Waals surface area contributed by atoms with Crippen LogP contribution in [0.1, 0.15) is 48.9 Å². The maximum absolute atomic E-state index is 12.6. The molecule has 1 aromatic carbocycles. The number of primary amides is 1. The van der Waals surface area contributed by atoms with E-state index in [1.54, 1.807) is 31.2 Å². The van der Waals surface area contributed by atoms with E-state index in [0.717, 1.165) is 16.9 Å². The quantitative estimate of drug-likeness (QED) is 0.320. The number of amides is 2. The van der Waals surface area contributed by atoms with Gasteiger partial charge in [-0.3, -0.25) is 9.59 Å². The van der Waals surface area contributed by atoms with Gasteiger partial charge in [-0.05, 0) is 24.6 Å². The van der Waals surface area contributed by atoms with Gasteiger partial charge < -0.3 is 27.5 Å². The first-order valence-electron chi connectivity index (χ1n) is 10.8. The minimum atomic E-state index is -1.02. The van der Waals surface area contributed by atoms with Gasteiger partial charge in [0, 0.05) is 48.6 Å². The molecule has 9 nitrogen and oxygen atoms in total. The van der Waals surface area contributed by atoms with Crippen LogP contribution in [0.25, 0.3) is 0 Å². The van der Waals surface area contributed by atoms with Crippen LogP contribution in [-0.4, -0.2) is 52.0 Å². The van der Waals surface area contributed by atoms with Crippen LogP contribution in [-0.2, 0) is 6.42 Å². The number of aryl methyl sites for hydroxylation is 1. The molecule has 5 N–H and O–H groups in total. The van der Waals surface area contributed by atoms with E-state index in [1.165, 1.54) is 0 Å². The molecule has 2 amide bonds. The SMILES string of the molecule is Cc1[nH]c(C(=O)NC2[C@H]3CN(c4nc(Cc5ccc(C(N)=O)cc5)c(C(=O)O)s4)C[C@@H]23)c(Cl)c1Cl.[H-].[Li+]. The number of benzene rings is 1. The Morgan fingerprint density at radius 3 is 2.39 bits per heavy atom. The van der Waals surface area contributed by atoms with E-state index in [4.69, 9.17) is 28.9 Å². The summed E-state index contributed by atoms with van der Waals surface area (Å²) in [6, 6.07) is 6.74. The average Bonchev–Trinajstić information content (AvgIpc) is 3.19. The Hall–Kier alpha value is -2.48. The number of nitrogens with one attached hydrogen (secondary N) is 2. The Morgan fingerprint density at radius 2 is 1.86 bits per heavy atom. The minimum absolute atomic E-state index is 0. The Labute approximate surface area is 234 Å². The largest absolute Gasteiger partial charge is 1.00 e. The molecule has 13 heteroatoms. The number of nitrogens with two attached hydrogens (primary N) is 1. The number of carboxylic acid groups (broad SMARTS) is 1. The molecular formula is C23H22Cl2LiN5O4S. The van der Waals surface area contributed by atoms with E-state index in [0.29, 0.717) is 46.6 Å². The smallest absolute Gasteiger partial charge is 1.00 e. The molecule has 2 aromatic heterocycles. The van der Waals surface area contributed by atoms with Gasteiger partial charge in [0.1, 0.15) is 10.6 Å². The van der Waals surface area contributed by atoms with Crippen molar-refractivity contribution >= 4 is 57.5 Å². The van der Waals surface area contributed by atoms with Gasteiger partial charge >= 0.3 is 24.8 Å². The number of nitrogens with zero attached hydrogens (tertiary/aromatic N) is 2. The zero-order valence-electron chi connectivity index (χ0n) is 20.5. The molecule has 3 heterocycles. The van der Waals surface area contributed by atoms with Crippen molar-refractivity contribution in [3.8, 4) is 0 Å². The zero-order chi connectivity index (χ0) is 25.0. The van der Waals surface area contributed by atoms with Crippen molar-refractivity contribution in [2.75, 3.05) is 18.0 Å². The topological polar surface area (TPSA) is 141 Å². The van der Waals surface area contributed by atoms with Gasteiger partial charge in [-0.25, -0.2) is 9.78 Å². The zero-order valence-corrected chi connectivity index (χ0v) is 21.8. The van der Waals surface area contributed by atoms with E-state index in [-0.39, 0.29) is 59.7 Å². The summed E-state index contributed by atoms with van der Waals surface area (Å²) in [6.45, 7) is 3.10.